The summed E-state index contributed by atoms with van der Waals surface area (Å²) in [5.41, 5.74) is 2.32. The van der Waals surface area contributed by atoms with E-state index >= 15 is 0 Å². The third kappa shape index (κ3) is 5.98. The van der Waals surface area contributed by atoms with Gasteiger partial charge in [-0.25, -0.2) is 0 Å². The Morgan fingerprint density at radius 3 is 1.73 bits per heavy atom. The molecule has 0 aliphatic carbocycles. The van der Waals surface area contributed by atoms with Gasteiger partial charge in [-0.15, -0.1) is 0 Å². The van der Waals surface area contributed by atoms with Crippen molar-refractivity contribution in [1.82, 2.24) is 0 Å². The quantitative estimate of drug-likeness (QED) is 0.309. The maximum absolute atomic E-state index is 6.49. The van der Waals surface area contributed by atoms with Crippen molar-refractivity contribution in [3.05, 3.63) is 71.8 Å². The molecule has 0 radical (unpaired) electrons. The zero-order valence-electron chi connectivity index (χ0n) is 19.6. The van der Waals surface area contributed by atoms with Gasteiger partial charge >= 0.3 is 7.12 Å². The molecule has 0 saturated carbocycles. The van der Waals surface area contributed by atoms with Gasteiger partial charge in [-0.2, -0.15) is 0 Å². The summed E-state index contributed by atoms with van der Waals surface area (Å²) in [6, 6.07) is 21.6. The van der Waals surface area contributed by atoms with Gasteiger partial charge in [0.25, 0.3) is 0 Å². The van der Waals surface area contributed by atoms with Crippen molar-refractivity contribution in [2.24, 2.45) is 5.92 Å². The van der Waals surface area contributed by atoms with Gasteiger partial charge in [0.2, 0.25) is 0 Å². The van der Waals surface area contributed by atoms with Crippen LogP contribution in [0.2, 0.25) is 5.82 Å². The fraction of sp³-hybridized carbons (Fsp3) is 0.556. The average molecular weight is 406 g/mol. The van der Waals surface area contributed by atoms with E-state index in [1.165, 1.54) is 24.0 Å². The van der Waals surface area contributed by atoms with Gasteiger partial charge in [0.05, 0.1) is 11.2 Å². The van der Waals surface area contributed by atoms with E-state index in [0.29, 0.717) is 11.7 Å². The molecule has 1 fully saturated rings. The summed E-state index contributed by atoms with van der Waals surface area (Å²) in [5.74, 6) is 0.974. The van der Waals surface area contributed by atoms with Crippen LogP contribution in [0.25, 0.3) is 0 Å². The van der Waals surface area contributed by atoms with Crippen molar-refractivity contribution in [3.63, 3.8) is 0 Å². The van der Waals surface area contributed by atoms with Crippen molar-refractivity contribution in [2.45, 2.75) is 90.2 Å². The molecule has 1 heterocycles. The van der Waals surface area contributed by atoms with Gasteiger partial charge in [0, 0.05) is 0 Å². The predicted molar refractivity (Wildman–Crippen MR) is 128 cm³/mol. The molecule has 0 amide bonds. The van der Waals surface area contributed by atoms with Crippen LogP contribution in [0.15, 0.2) is 60.7 Å². The topological polar surface area (TPSA) is 18.5 Å². The van der Waals surface area contributed by atoms with Crippen molar-refractivity contribution < 1.29 is 9.31 Å². The van der Waals surface area contributed by atoms with Crippen molar-refractivity contribution in [1.29, 1.82) is 0 Å². The second-order valence-electron chi connectivity index (χ2n) is 10.0. The van der Waals surface area contributed by atoms with Crippen LogP contribution >= 0.6 is 0 Å². The molecule has 1 aliphatic heterocycles. The van der Waals surface area contributed by atoms with Gasteiger partial charge in [-0.1, -0.05) is 80.4 Å². The normalized spacial score (nSPS) is 19.6. The molecule has 2 aromatic rings. The van der Waals surface area contributed by atoms with Gasteiger partial charge < -0.3 is 9.31 Å². The second-order valence-corrected chi connectivity index (χ2v) is 10.0. The summed E-state index contributed by atoms with van der Waals surface area (Å²) in [7, 11) is -0.113. The number of unbranched alkanes of at least 4 members (excludes halogenated alkanes) is 1. The first kappa shape index (κ1) is 23.1. The van der Waals surface area contributed by atoms with E-state index < -0.39 is 0 Å². The summed E-state index contributed by atoms with van der Waals surface area (Å²) in [6.45, 7) is 11.0. The Kier molecular flexibility index (Phi) is 7.82. The molecule has 2 aromatic carbocycles. The molecule has 3 rings (SSSR count). The van der Waals surface area contributed by atoms with Crippen molar-refractivity contribution in [2.75, 3.05) is 0 Å². The first-order valence-corrected chi connectivity index (χ1v) is 11.7. The highest BCUT2D eigenvalue weighted by molar-refractivity contribution is 6.47. The van der Waals surface area contributed by atoms with E-state index in [4.69, 9.17) is 9.31 Å². The number of hydrogen-bond donors (Lipinski definition) is 0. The Labute approximate surface area is 184 Å². The van der Waals surface area contributed by atoms with Crippen LogP contribution in [0.4, 0.5) is 0 Å². The predicted octanol–water partition coefficient (Wildman–Crippen LogP) is 7.13. The van der Waals surface area contributed by atoms with Crippen molar-refractivity contribution >= 4 is 7.12 Å². The van der Waals surface area contributed by atoms with Gasteiger partial charge in [-0.3, -0.25) is 0 Å². The first-order valence-electron chi connectivity index (χ1n) is 11.7. The second kappa shape index (κ2) is 10.2. The minimum atomic E-state index is -0.265. The van der Waals surface area contributed by atoms with E-state index in [9.17, 15) is 0 Å². The van der Waals surface area contributed by atoms with E-state index in [1.54, 1.807) is 0 Å². The van der Waals surface area contributed by atoms with Crippen molar-refractivity contribution in [3.8, 4) is 0 Å². The number of rotatable bonds is 10. The lowest BCUT2D eigenvalue weighted by Crippen LogP contribution is -2.41. The molecule has 162 valence electrons. The average Bonchev–Trinajstić information content (AvgIpc) is 2.94. The van der Waals surface area contributed by atoms with Crippen LogP contribution in [0.1, 0.15) is 71.4 Å². The molecule has 3 heteroatoms. The minimum absolute atomic E-state index is 0.113. The van der Waals surface area contributed by atoms with Gasteiger partial charge in [-0.05, 0) is 76.2 Å². The van der Waals surface area contributed by atoms with Crippen LogP contribution in [-0.2, 0) is 22.2 Å². The third-order valence-corrected chi connectivity index (χ3v) is 7.18. The van der Waals surface area contributed by atoms with Crippen LogP contribution in [0, 0.1) is 5.92 Å². The lowest BCUT2D eigenvalue weighted by atomic mass is 9.62. The fourth-order valence-corrected chi connectivity index (χ4v) is 4.36. The van der Waals surface area contributed by atoms with E-state index in [-0.39, 0.29) is 18.3 Å². The SMILES string of the molecule is CC(CCc1ccccc1)[C@H](CCCCc1ccccc1)B1OC(C)(C)C(C)(C)O1. The van der Waals surface area contributed by atoms with E-state index in [2.05, 4.69) is 95.3 Å². The van der Waals surface area contributed by atoms with E-state index in [0.717, 1.165) is 25.7 Å². The molecule has 0 aromatic heterocycles. The summed E-state index contributed by atoms with van der Waals surface area (Å²) >= 11 is 0. The Hall–Kier alpha value is -1.58. The lowest BCUT2D eigenvalue weighted by Gasteiger charge is -2.32. The third-order valence-electron chi connectivity index (χ3n) is 7.18. The van der Waals surface area contributed by atoms with Crippen LogP contribution in [0.3, 0.4) is 0 Å². The maximum Gasteiger partial charge on any atom is 0.461 e. The summed E-state index contributed by atoms with van der Waals surface area (Å²) in [5, 5.41) is 0. The summed E-state index contributed by atoms with van der Waals surface area (Å²) in [6.07, 6.45) is 7.00. The van der Waals surface area contributed by atoms with Crippen LogP contribution < -0.4 is 0 Å². The maximum atomic E-state index is 6.49. The highest BCUT2D eigenvalue weighted by Crippen LogP contribution is 2.44. The lowest BCUT2D eigenvalue weighted by molar-refractivity contribution is 0.00578. The van der Waals surface area contributed by atoms with Crippen LogP contribution in [-0.4, -0.2) is 18.3 Å². The zero-order chi connectivity index (χ0) is 21.6. The monoisotopic (exact) mass is 406 g/mol. The molecule has 1 unspecified atom stereocenters. The fourth-order valence-electron chi connectivity index (χ4n) is 4.36. The number of aryl methyl sites for hydroxylation is 2. The highest BCUT2D eigenvalue weighted by Gasteiger charge is 2.54. The molecule has 1 saturated heterocycles. The molecule has 0 spiro atoms. The molecule has 1 aliphatic rings. The smallest absolute Gasteiger partial charge is 0.403 e. The van der Waals surface area contributed by atoms with Gasteiger partial charge in [0.1, 0.15) is 0 Å². The van der Waals surface area contributed by atoms with E-state index in [1.807, 2.05) is 0 Å². The molecule has 0 bridgehead atoms. The highest BCUT2D eigenvalue weighted by atomic mass is 16.7. The van der Waals surface area contributed by atoms with Gasteiger partial charge in [0.15, 0.2) is 0 Å². The zero-order valence-corrected chi connectivity index (χ0v) is 19.6. The minimum Gasteiger partial charge on any atom is -0.403 e. The Balaban J connectivity index is 1.60. The molecular formula is C27H39BO2. The molecule has 2 atom stereocenters. The van der Waals surface area contributed by atoms with Crippen LogP contribution in [0.5, 0.6) is 0 Å². The Morgan fingerprint density at radius 2 is 1.20 bits per heavy atom. The summed E-state index contributed by atoms with van der Waals surface area (Å²) < 4.78 is 13.0. The Morgan fingerprint density at radius 1 is 0.700 bits per heavy atom. The number of benzene rings is 2. The molecular weight excluding hydrogens is 367 g/mol. The molecule has 2 nitrogen and oxygen atoms in total. The standard InChI is InChI=1S/C27H39BO2/c1-22(20-21-24-16-10-7-11-17-24)25(28-29-26(2,3)27(4,5)30-28)19-13-12-18-23-14-8-6-9-15-23/h6-11,14-17,22,25H,12-13,18-21H2,1-5H3/t22?,25-/m0/s1. The molecule has 30 heavy (non-hydrogen) atoms. The number of hydrogen-bond acceptors (Lipinski definition) is 2. The molecule has 0 N–H and O–H groups in total. The summed E-state index contributed by atoms with van der Waals surface area (Å²) in [4.78, 5) is 0. The first-order chi connectivity index (χ1) is 14.3. The largest absolute Gasteiger partial charge is 0.461 e. The Bertz CT molecular complexity index is 741.